The number of urea groups is 1. The predicted molar refractivity (Wildman–Crippen MR) is 108 cm³/mol. The summed E-state index contributed by atoms with van der Waals surface area (Å²) in [5, 5.41) is 5.37. The largest absolute Gasteiger partial charge is 0.449 e. The smallest absolute Gasteiger partial charge is 0.338 e. The van der Waals surface area contributed by atoms with E-state index >= 15 is 0 Å². The van der Waals surface area contributed by atoms with Crippen molar-refractivity contribution in [1.29, 1.82) is 0 Å². The van der Waals surface area contributed by atoms with Crippen molar-refractivity contribution < 1.29 is 23.9 Å². The number of benzene rings is 1. The minimum absolute atomic E-state index is 0.142. The van der Waals surface area contributed by atoms with Gasteiger partial charge in [0.25, 0.3) is 11.8 Å². The first-order chi connectivity index (χ1) is 13.8. The number of hydrogen-bond donors (Lipinski definition) is 4. The average Bonchev–Trinajstić information content (AvgIpc) is 3.21. The van der Waals surface area contributed by atoms with Gasteiger partial charge in [0, 0.05) is 10.6 Å². The summed E-state index contributed by atoms with van der Waals surface area (Å²) in [6, 6.07) is 5.19. The predicted octanol–water partition coefficient (Wildman–Crippen LogP) is 2.01. The molecule has 2 aromatic rings. The molecule has 1 aromatic carbocycles. The van der Waals surface area contributed by atoms with Crippen molar-refractivity contribution in [2.24, 2.45) is 11.5 Å². The molecule has 0 radical (unpaired) electrons. The zero-order valence-corrected chi connectivity index (χ0v) is 16.4. The summed E-state index contributed by atoms with van der Waals surface area (Å²) in [6.07, 6.45) is 1.43. The van der Waals surface area contributed by atoms with Gasteiger partial charge in [-0.05, 0) is 49.9 Å². The normalized spacial score (nSPS) is 13.3. The molecule has 0 saturated heterocycles. The molecule has 1 aromatic heterocycles. The van der Waals surface area contributed by atoms with Crippen LogP contribution in [0.2, 0.25) is 0 Å². The number of esters is 1. The van der Waals surface area contributed by atoms with Crippen LogP contribution in [0.1, 0.15) is 44.5 Å². The maximum absolute atomic E-state index is 12.5. The lowest BCUT2D eigenvalue weighted by atomic mass is 10.1. The van der Waals surface area contributed by atoms with Gasteiger partial charge in [0.2, 0.25) is 0 Å². The van der Waals surface area contributed by atoms with Crippen LogP contribution in [0, 0.1) is 0 Å². The minimum Gasteiger partial charge on any atom is -0.449 e. The van der Waals surface area contributed by atoms with E-state index in [1.807, 2.05) is 0 Å². The Hall–Kier alpha value is -3.40. The van der Waals surface area contributed by atoms with E-state index in [2.05, 4.69) is 10.6 Å². The average molecular weight is 416 g/mol. The zero-order chi connectivity index (χ0) is 21.1. The van der Waals surface area contributed by atoms with E-state index in [4.69, 9.17) is 16.2 Å². The Balaban J connectivity index is 1.68. The van der Waals surface area contributed by atoms with E-state index in [1.54, 1.807) is 12.1 Å². The maximum atomic E-state index is 12.5. The van der Waals surface area contributed by atoms with Crippen LogP contribution in [-0.2, 0) is 22.4 Å². The number of hydrogen-bond acceptors (Lipinski definition) is 6. The molecule has 9 nitrogen and oxygen atoms in total. The van der Waals surface area contributed by atoms with Crippen LogP contribution in [0.4, 0.5) is 15.5 Å². The molecule has 1 heterocycles. The van der Waals surface area contributed by atoms with E-state index < -0.39 is 29.9 Å². The molecule has 0 unspecified atom stereocenters. The summed E-state index contributed by atoms with van der Waals surface area (Å²) in [5.74, 6) is -1.92. The molecule has 0 saturated carbocycles. The fourth-order valence-corrected chi connectivity index (χ4v) is 4.41. The molecule has 0 bridgehead atoms. The number of carbonyl (C=O) groups excluding carboxylic acids is 4. The van der Waals surface area contributed by atoms with Crippen LogP contribution >= 0.6 is 11.3 Å². The molecule has 6 N–H and O–H groups in total. The molecular weight excluding hydrogens is 396 g/mol. The summed E-state index contributed by atoms with van der Waals surface area (Å²) in [4.78, 5) is 48.6. The third-order valence-electron chi connectivity index (χ3n) is 4.42. The summed E-state index contributed by atoms with van der Waals surface area (Å²) < 4.78 is 5.20. The molecule has 29 heavy (non-hydrogen) atoms. The second-order valence-electron chi connectivity index (χ2n) is 6.53. The number of thiophene rings is 1. The zero-order valence-electron chi connectivity index (χ0n) is 15.6. The quantitative estimate of drug-likeness (QED) is 0.531. The van der Waals surface area contributed by atoms with Gasteiger partial charge in [-0.2, -0.15) is 0 Å². The van der Waals surface area contributed by atoms with E-state index in [0.29, 0.717) is 16.3 Å². The first-order valence-corrected chi connectivity index (χ1v) is 9.70. The molecule has 3 rings (SSSR count). The first-order valence-electron chi connectivity index (χ1n) is 8.89. The Morgan fingerprint density at radius 2 is 1.90 bits per heavy atom. The highest BCUT2D eigenvalue weighted by Crippen LogP contribution is 2.38. The van der Waals surface area contributed by atoms with Gasteiger partial charge in [-0.15, -0.1) is 11.3 Å². The number of nitrogens with one attached hydrogen (secondary N) is 2. The number of fused-ring (bicyclic) bond motifs is 1. The van der Waals surface area contributed by atoms with Crippen molar-refractivity contribution in [1.82, 2.24) is 0 Å². The number of anilines is 2. The fraction of sp³-hybridized carbons (Fsp3) is 0.263. The Bertz CT molecular complexity index is 1000. The maximum Gasteiger partial charge on any atom is 0.338 e. The van der Waals surface area contributed by atoms with Gasteiger partial charge in [-0.3, -0.25) is 9.59 Å². The summed E-state index contributed by atoms with van der Waals surface area (Å²) in [5.41, 5.74) is 12.2. The molecule has 0 spiro atoms. The van der Waals surface area contributed by atoms with Crippen LogP contribution in [0.25, 0.3) is 0 Å². The Kier molecular flexibility index (Phi) is 5.83. The van der Waals surface area contributed by atoms with E-state index in [9.17, 15) is 19.2 Å². The van der Waals surface area contributed by atoms with Crippen LogP contribution in [0.3, 0.4) is 0 Å². The number of carbonyl (C=O) groups is 4. The molecule has 1 atom stereocenters. The first kappa shape index (κ1) is 20.3. The van der Waals surface area contributed by atoms with Crippen molar-refractivity contribution in [3.8, 4) is 0 Å². The van der Waals surface area contributed by atoms with Crippen LogP contribution in [-0.4, -0.2) is 29.9 Å². The number of primary amides is 2. The molecule has 1 aliphatic carbocycles. The fourth-order valence-electron chi connectivity index (χ4n) is 3.11. The van der Waals surface area contributed by atoms with Crippen LogP contribution in [0.15, 0.2) is 24.3 Å². The highest BCUT2D eigenvalue weighted by Gasteiger charge is 2.28. The summed E-state index contributed by atoms with van der Waals surface area (Å²) >= 11 is 1.32. The van der Waals surface area contributed by atoms with Gasteiger partial charge < -0.3 is 26.8 Å². The third kappa shape index (κ3) is 4.54. The lowest BCUT2D eigenvalue weighted by Crippen LogP contribution is -2.30. The molecule has 1 aliphatic rings. The van der Waals surface area contributed by atoms with Crippen molar-refractivity contribution in [2.75, 3.05) is 10.6 Å². The Morgan fingerprint density at radius 1 is 1.14 bits per heavy atom. The monoisotopic (exact) mass is 416 g/mol. The van der Waals surface area contributed by atoms with Gasteiger partial charge in [0.05, 0.1) is 11.1 Å². The molecule has 152 valence electrons. The van der Waals surface area contributed by atoms with E-state index in [-0.39, 0.29) is 5.56 Å². The second kappa shape index (κ2) is 8.31. The van der Waals surface area contributed by atoms with Crippen molar-refractivity contribution in [3.05, 3.63) is 45.8 Å². The second-order valence-corrected chi connectivity index (χ2v) is 7.64. The summed E-state index contributed by atoms with van der Waals surface area (Å²) in [6.45, 7) is 1.42. The van der Waals surface area contributed by atoms with Crippen molar-refractivity contribution in [2.45, 2.75) is 32.3 Å². The number of amides is 4. The lowest BCUT2D eigenvalue weighted by Gasteiger charge is -2.14. The highest BCUT2D eigenvalue weighted by atomic mass is 32.1. The molecule has 10 heteroatoms. The summed E-state index contributed by atoms with van der Waals surface area (Å²) in [7, 11) is 0. The number of rotatable bonds is 6. The van der Waals surface area contributed by atoms with Gasteiger partial charge in [0.1, 0.15) is 5.00 Å². The topological polar surface area (TPSA) is 154 Å². The molecule has 0 aliphatic heterocycles. The van der Waals surface area contributed by atoms with Gasteiger partial charge in [-0.1, -0.05) is 6.07 Å². The lowest BCUT2D eigenvalue weighted by molar-refractivity contribution is -0.123. The van der Waals surface area contributed by atoms with Crippen LogP contribution in [0.5, 0.6) is 0 Å². The van der Waals surface area contributed by atoms with Gasteiger partial charge in [0.15, 0.2) is 6.10 Å². The minimum atomic E-state index is -1.12. The number of nitrogens with two attached hydrogens (primary N) is 2. The van der Waals surface area contributed by atoms with Crippen molar-refractivity contribution >= 4 is 45.8 Å². The Morgan fingerprint density at radius 3 is 2.59 bits per heavy atom. The molecule has 0 fully saturated rings. The number of ether oxygens (including phenoxy) is 1. The van der Waals surface area contributed by atoms with E-state index in [0.717, 1.165) is 29.7 Å². The SMILES string of the molecule is C[C@H](OC(=O)c1cccc(NC(N)=O)c1)C(=O)Nc1sc2c(c1C(N)=O)CCC2. The van der Waals surface area contributed by atoms with Gasteiger partial charge >= 0.3 is 12.0 Å². The Labute approximate surface area is 170 Å². The van der Waals surface area contributed by atoms with E-state index in [1.165, 1.54) is 30.4 Å². The molecule has 4 amide bonds. The third-order valence-corrected chi connectivity index (χ3v) is 5.63. The van der Waals surface area contributed by atoms with Gasteiger partial charge in [-0.25, -0.2) is 9.59 Å². The van der Waals surface area contributed by atoms with Crippen LogP contribution < -0.4 is 22.1 Å². The number of aryl methyl sites for hydroxylation is 1. The standard InChI is InChI=1S/C19H20N4O5S/c1-9(28-18(26)10-4-2-5-11(8-10)22-19(21)27)16(25)23-17-14(15(20)24)12-6-3-7-13(12)29-17/h2,4-5,8-9H,3,6-7H2,1H3,(H2,20,24)(H,23,25)(H3,21,22,27)/t9-/m0/s1. The highest BCUT2D eigenvalue weighted by molar-refractivity contribution is 7.17. The molecular formula is C19H20N4O5S. The van der Waals surface area contributed by atoms with Crippen molar-refractivity contribution in [3.63, 3.8) is 0 Å².